The highest BCUT2D eigenvalue weighted by Gasteiger charge is 2.14. The summed E-state index contributed by atoms with van der Waals surface area (Å²) in [5, 5.41) is 10.8. The third-order valence-electron chi connectivity index (χ3n) is 7.79. The van der Waals surface area contributed by atoms with Gasteiger partial charge in [-0.1, -0.05) is 0 Å². The predicted octanol–water partition coefficient (Wildman–Crippen LogP) is 6.59. The molecule has 4 rings (SSSR count). The summed E-state index contributed by atoms with van der Waals surface area (Å²) in [7, 11) is 3.98. The highest BCUT2D eigenvalue weighted by atomic mass is 16.3. The van der Waals surface area contributed by atoms with Crippen LogP contribution >= 0.6 is 0 Å². The van der Waals surface area contributed by atoms with Gasteiger partial charge in [-0.25, -0.2) is 0 Å². The minimum atomic E-state index is -0.533. The molecule has 0 aliphatic carbocycles. The maximum absolute atomic E-state index is 10.8. The van der Waals surface area contributed by atoms with Crippen molar-refractivity contribution in [3.63, 3.8) is 0 Å². The van der Waals surface area contributed by atoms with Crippen molar-refractivity contribution in [3.05, 3.63) is 94.3 Å². The Balaban J connectivity index is 1.36. The van der Waals surface area contributed by atoms with Gasteiger partial charge in [0.25, 0.3) is 0 Å². The Morgan fingerprint density at radius 2 is 0.947 bits per heavy atom. The highest BCUT2D eigenvalue weighted by Crippen LogP contribution is 2.26. The van der Waals surface area contributed by atoms with Crippen LogP contribution in [0.5, 0.6) is 0 Å². The third-order valence-corrected chi connectivity index (χ3v) is 7.79. The zero-order valence-corrected chi connectivity index (χ0v) is 24.0. The minimum Gasteiger partial charge on any atom is -0.389 e. The lowest BCUT2D eigenvalue weighted by molar-refractivity contribution is 0.188. The van der Waals surface area contributed by atoms with Gasteiger partial charge in [0.2, 0.25) is 0 Å². The van der Waals surface area contributed by atoms with Crippen LogP contribution in [0.3, 0.4) is 0 Å². The molecular formula is C33H40N4O. The van der Waals surface area contributed by atoms with Crippen LogP contribution in [0, 0.1) is 41.5 Å². The van der Waals surface area contributed by atoms with Gasteiger partial charge < -0.3 is 14.9 Å². The Morgan fingerprint density at radius 3 is 1.24 bits per heavy atom. The molecule has 0 radical (unpaired) electrons. The molecule has 0 atom stereocenters. The first-order valence-electron chi connectivity index (χ1n) is 13.2. The molecule has 5 nitrogen and oxygen atoms in total. The Bertz CT molecular complexity index is 1260. The number of aliphatic hydroxyl groups is 1. The molecule has 38 heavy (non-hydrogen) atoms. The molecule has 0 aliphatic heterocycles. The molecular weight excluding hydrogens is 468 g/mol. The number of hydrogen-bond donors (Lipinski definition) is 1. The Morgan fingerprint density at radius 1 is 0.605 bits per heavy atom. The first kappa shape index (κ1) is 27.3. The Kier molecular flexibility index (Phi) is 8.17. The molecule has 1 N–H and O–H groups in total. The molecule has 0 unspecified atom stereocenters. The number of aryl methyl sites for hydroxylation is 4. The molecule has 5 heteroatoms. The second-order valence-corrected chi connectivity index (χ2v) is 10.7. The average molecular weight is 509 g/mol. The normalized spacial score (nSPS) is 11.2. The first-order chi connectivity index (χ1) is 18.0. The van der Waals surface area contributed by atoms with Crippen LogP contribution in [0.25, 0.3) is 22.5 Å². The Labute approximate surface area is 227 Å². The van der Waals surface area contributed by atoms with E-state index in [1.165, 1.54) is 33.4 Å². The van der Waals surface area contributed by atoms with Crippen LogP contribution < -0.4 is 9.80 Å². The van der Waals surface area contributed by atoms with Crippen LogP contribution in [0.15, 0.2) is 60.9 Å². The topological polar surface area (TPSA) is 52.5 Å². The Hall–Kier alpha value is -3.70. The van der Waals surface area contributed by atoms with Gasteiger partial charge in [-0.15, -0.1) is 0 Å². The summed E-state index contributed by atoms with van der Waals surface area (Å²) < 4.78 is 0. The number of benzene rings is 2. The van der Waals surface area contributed by atoms with Gasteiger partial charge in [-0.2, -0.15) is 0 Å². The fourth-order valence-corrected chi connectivity index (χ4v) is 4.83. The van der Waals surface area contributed by atoms with E-state index < -0.39 is 6.10 Å². The van der Waals surface area contributed by atoms with E-state index in [0.717, 1.165) is 33.9 Å². The smallest absolute Gasteiger partial charge is 0.0889 e. The largest absolute Gasteiger partial charge is 0.389 e. The van der Waals surface area contributed by atoms with Crippen LogP contribution in [-0.4, -0.2) is 48.4 Å². The lowest BCUT2D eigenvalue weighted by atomic mass is 9.99. The van der Waals surface area contributed by atoms with Gasteiger partial charge in [-0.3, -0.25) is 9.97 Å². The van der Waals surface area contributed by atoms with Gasteiger partial charge >= 0.3 is 0 Å². The second-order valence-electron chi connectivity index (χ2n) is 10.7. The van der Waals surface area contributed by atoms with Crippen molar-refractivity contribution < 1.29 is 5.11 Å². The number of rotatable bonds is 8. The quantitative estimate of drug-likeness (QED) is 0.291. The fraction of sp³-hybridized carbons (Fsp3) is 0.333. The summed E-state index contributed by atoms with van der Waals surface area (Å²) in [6.45, 7) is 13.9. The number of pyridine rings is 2. The molecule has 0 aliphatic rings. The SMILES string of the molecule is Cc1cc(-c2ccc(N(C)CC(O)CN(C)c3ccc(-c4cc(C)c(C)c(C)c4)nc3)cn2)cc(C)c1C. The van der Waals surface area contributed by atoms with Crippen molar-refractivity contribution in [2.75, 3.05) is 37.0 Å². The van der Waals surface area contributed by atoms with Crippen LogP contribution in [0.2, 0.25) is 0 Å². The van der Waals surface area contributed by atoms with E-state index in [9.17, 15) is 5.11 Å². The lowest BCUT2D eigenvalue weighted by Crippen LogP contribution is -2.37. The highest BCUT2D eigenvalue weighted by molar-refractivity contribution is 5.65. The van der Waals surface area contributed by atoms with Crippen LogP contribution in [0.4, 0.5) is 11.4 Å². The molecule has 0 bridgehead atoms. The standard InChI is InChI=1S/C33H40N4O/c1-21-13-27(14-22(2)25(21)5)32-11-9-29(17-34-32)36(7)19-31(38)20-37(8)30-10-12-33(35-18-30)28-15-23(3)26(6)24(4)16-28/h9-18,31,38H,19-20H2,1-8H3. The molecule has 198 valence electrons. The van der Waals surface area contributed by atoms with E-state index >= 15 is 0 Å². The molecule has 2 aromatic carbocycles. The summed E-state index contributed by atoms with van der Waals surface area (Å²) >= 11 is 0. The van der Waals surface area contributed by atoms with E-state index in [1.54, 1.807) is 0 Å². The fourth-order valence-electron chi connectivity index (χ4n) is 4.83. The molecule has 0 saturated heterocycles. The monoisotopic (exact) mass is 508 g/mol. The lowest BCUT2D eigenvalue weighted by Gasteiger charge is -2.27. The molecule has 0 saturated carbocycles. The van der Waals surface area contributed by atoms with E-state index in [4.69, 9.17) is 9.97 Å². The number of aromatic nitrogens is 2. The number of nitrogens with zero attached hydrogens (tertiary/aromatic N) is 4. The van der Waals surface area contributed by atoms with Gasteiger partial charge in [-0.05, 0) is 123 Å². The summed E-state index contributed by atoms with van der Waals surface area (Å²) in [4.78, 5) is 13.5. The summed E-state index contributed by atoms with van der Waals surface area (Å²) in [6, 6.07) is 17.0. The van der Waals surface area contributed by atoms with Crippen molar-refractivity contribution in [1.29, 1.82) is 0 Å². The summed E-state index contributed by atoms with van der Waals surface area (Å²) in [6.07, 6.45) is 3.23. The number of hydrogen-bond acceptors (Lipinski definition) is 5. The maximum Gasteiger partial charge on any atom is 0.0889 e. The summed E-state index contributed by atoms with van der Waals surface area (Å²) in [5.74, 6) is 0. The average Bonchev–Trinajstić information content (AvgIpc) is 2.89. The van der Waals surface area contributed by atoms with E-state index in [-0.39, 0.29) is 0 Å². The zero-order valence-electron chi connectivity index (χ0n) is 24.0. The minimum absolute atomic E-state index is 0.502. The van der Waals surface area contributed by atoms with Crippen molar-refractivity contribution >= 4 is 11.4 Å². The molecule has 2 heterocycles. The molecule has 0 fully saturated rings. The molecule has 2 aromatic heterocycles. The maximum atomic E-state index is 10.8. The van der Waals surface area contributed by atoms with Crippen molar-refractivity contribution in [2.45, 2.75) is 47.6 Å². The zero-order chi connectivity index (χ0) is 27.6. The molecule has 4 aromatic rings. The van der Waals surface area contributed by atoms with Gasteiger partial charge in [0.1, 0.15) is 0 Å². The van der Waals surface area contributed by atoms with E-state index in [2.05, 4.69) is 90.1 Å². The second kappa shape index (κ2) is 11.4. The van der Waals surface area contributed by atoms with E-state index in [1.807, 2.05) is 36.3 Å². The van der Waals surface area contributed by atoms with Gasteiger partial charge in [0.05, 0.1) is 41.3 Å². The number of anilines is 2. The predicted molar refractivity (Wildman–Crippen MR) is 160 cm³/mol. The van der Waals surface area contributed by atoms with Crippen molar-refractivity contribution in [1.82, 2.24) is 9.97 Å². The first-order valence-corrected chi connectivity index (χ1v) is 13.2. The third kappa shape index (κ3) is 6.05. The van der Waals surface area contributed by atoms with Gasteiger partial charge in [0, 0.05) is 38.3 Å². The molecule has 0 spiro atoms. The van der Waals surface area contributed by atoms with Crippen LogP contribution in [-0.2, 0) is 0 Å². The van der Waals surface area contributed by atoms with Crippen molar-refractivity contribution in [2.24, 2.45) is 0 Å². The number of aliphatic hydroxyl groups excluding tert-OH is 1. The van der Waals surface area contributed by atoms with Gasteiger partial charge in [0.15, 0.2) is 0 Å². The summed E-state index contributed by atoms with van der Waals surface area (Å²) in [5.41, 5.74) is 13.9. The number of likely N-dealkylation sites (N-methyl/N-ethyl adjacent to an activating group) is 2. The van der Waals surface area contributed by atoms with Crippen molar-refractivity contribution in [3.8, 4) is 22.5 Å². The van der Waals surface area contributed by atoms with Crippen LogP contribution in [0.1, 0.15) is 33.4 Å². The van der Waals surface area contributed by atoms with E-state index in [0.29, 0.717) is 13.1 Å². The molecule has 0 amide bonds.